The average molecular weight is 236 g/mol. The van der Waals surface area contributed by atoms with E-state index in [1.807, 2.05) is 0 Å². The standard InChI is InChI=1S/C8H6F3NS2/c9-8(10,11)5-2-1-3-6(4-5)12-7(13)14/h1-4H,(H2,12,13,14)/p-1. The first-order chi connectivity index (χ1) is 6.39. The molecule has 0 aliphatic rings. The first-order valence-corrected chi connectivity index (χ1v) is 4.36. The van der Waals surface area contributed by atoms with Gasteiger partial charge in [0.15, 0.2) is 0 Å². The highest BCUT2D eigenvalue weighted by Crippen LogP contribution is 2.30. The van der Waals surface area contributed by atoms with Gasteiger partial charge in [-0.1, -0.05) is 10.4 Å². The van der Waals surface area contributed by atoms with Gasteiger partial charge in [-0.05, 0) is 18.2 Å². The van der Waals surface area contributed by atoms with Crippen LogP contribution in [0.1, 0.15) is 5.56 Å². The van der Waals surface area contributed by atoms with Crippen LogP contribution < -0.4 is 5.32 Å². The molecule has 0 radical (unpaired) electrons. The maximum Gasteiger partial charge on any atom is 0.416 e. The van der Waals surface area contributed by atoms with Crippen molar-refractivity contribution in [3.05, 3.63) is 29.8 Å². The molecular weight excluding hydrogens is 231 g/mol. The van der Waals surface area contributed by atoms with Crippen LogP contribution in [0.15, 0.2) is 24.3 Å². The highest BCUT2D eigenvalue weighted by molar-refractivity contribution is 8.00. The second-order valence-electron chi connectivity index (χ2n) is 2.49. The molecule has 0 bridgehead atoms. The van der Waals surface area contributed by atoms with E-state index in [9.17, 15) is 13.2 Å². The van der Waals surface area contributed by atoms with Crippen LogP contribution in [0, 0.1) is 0 Å². The molecular formula is C8H5F3NS2-. The number of benzene rings is 1. The molecule has 76 valence electrons. The van der Waals surface area contributed by atoms with Crippen molar-refractivity contribution in [1.82, 2.24) is 0 Å². The molecule has 0 aliphatic heterocycles. The molecule has 1 nitrogen and oxygen atoms in total. The van der Waals surface area contributed by atoms with Crippen LogP contribution in [0.3, 0.4) is 0 Å². The SMILES string of the molecule is FC(F)(F)c1cccc(NC(=S)[S-])c1. The summed E-state index contributed by atoms with van der Waals surface area (Å²) in [4.78, 5) is 0. The van der Waals surface area contributed by atoms with E-state index in [-0.39, 0.29) is 10.0 Å². The van der Waals surface area contributed by atoms with Crippen molar-refractivity contribution in [1.29, 1.82) is 0 Å². The molecule has 0 saturated heterocycles. The van der Waals surface area contributed by atoms with Crippen LogP contribution in [-0.4, -0.2) is 4.32 Å². The van der Waals surface area contributed by atoms with Crippen molar-refractivity contribution in [3.8, 4) is 0 Å². The van der Waals surface area contributed by atoms with Crippen molar-refractivity contribution in [2.75, 3.05) is 5.32 Å². The van der Waals surface area contributed by atoms with Gasteiger partial charge in [-0.15, -0.1) is 0 Å². The zero-order chi connectivity index (χ0) is 10.8. The van der Waals surface area contributed by atoms with E-state index < -0.39 is 11.7 Å². The van der Waals surface area contributed by atoms with Gasteiger partial charge in [0.05, 0.1) is 5.56 Å². The smallest absolute Gasteiger partial charge is 0.411 e. The lowest BCUT2D eigenvalue weighted by Crippen LogP contribution is -2.08. The Morgan fingerprint density at radius 3 is 2.50 bits per heavy atom. The van der Waals surface area contributed by atoms with Crippen LogP contribution in [0.4, 0.5) is 18.9 Å². The minimum absolute atomic E-state index is 0.0179. The van der Waals surface area contributed by atoms with Crippen LogP contribution >= 0.6 is 12.2 Å². The molecule has 0 unspecified atom stereocenters. The third-order valence-corrected chi connectivity index (χ3v) is 1.64. The van der Waals surface area contributed by atoms with Gasteiger partial charge in [0.2, 0.25) is 0 Å². The third-order valence-electron chi connectivity index (χ3n) is 1.44. The molecule has 0 atom stereocenters. The molecule has 1 N–H and O–H groups in total. The highest BCUT2D eigenvalue weighted by atomic mass is 32.1. The maximum atomic E-state index is 12.2. The highest BCUT2D eigenvalue weighted by Gasteiger charge is 2.30. The Hall–Kier alpha value is -0.880. The number of anilines is 1. The Morgan fingerprint density at radius 1 is 1.36 bits per heavy atom. The Balaban J connectivity index is 2.95. The van der Waals surface area contributed by atoms with Crippen molar-refractivity contribution < 1.29 is 13.2 Å². The molecule has 1 rings (SSSR count). The van der Waals surface area contributed by atoms with Gasteiger partial charge in [-0.25, -0.2) is 0 Å². The number of hydrogen-bond donors (Lipinski definition) is 1. The van der Waals surface area contributed by atoms with E-state index >= 15 is 0 Å². The Bertz CT molecular complexity index is 349. The van der Waals surface area contributed by atoms with Crippen molar-refractivity contribution >= 4 is 34.9 Å². The van der Waals surface area contributed by atoms with Gasteiger partial charge in [0.1, 0.15) is 0 Å². The second-order valence-corrected chi connectivity index (χ2v) is 3.57. The van der Waals surface area contributed by atoms with E-state index in [4.69, 9.17) is 0 Å². The van der Waals surface area contributed by atoms with Gasteiger partial charge in [0.25, 0.3) is 0 Å². The minimum Gasteiger partial charge on any atom is -0.411 e. The van der Waals surface area contributed by atoms with E-state index in [1.165, 1.54) is 12.1 Å². The van der Waals surface area contributed by atoms with E-state index in [0.29, 0.717) is 0 Å². The predicted molar refractivity (Wildman–Crippen MR) is 55.0 cm³/mol. The number of hydrogen-bond acceptors (Lipinski definition) is 2. The Kier molecular flexibility index (Phi) is 3.28. The second kappa shape index (κ2) is 4.10. The minimum atomic E-state index is -4.35. The fourth-order valence-corrected chi connectivity index (χ4v) is 1.13. The third kappa shape index (κ3) is 3.12. The molecule has 1 aromatic rings. The predicted octanol–water partition coefficient (Wildman–Crippen LogP) is 2.95. The van der Waals surface area contributed by atoms with E-state index in [2.05, 4.69) is 30.2 Å². The fraction of sp³-hybridized carbons (Fsp3) is 0.125. The van der Waals surface area contributed by atoms with Crippen molar-refractivity contribution in [2.45, 2.75) is 6.18 Å². The Morgan fingerprint density at radius 2 is 2.00 bits per heavy atom. The lowest BCUT2D eigenvalue weighted by molar-refractivity contribution is -0.137. The van der Waals surface area contributed by atoms with Crippen LogP contribution in [0.25, 0.3) is 0 Å². The van der Waals surface area contributed by atoms with Gasteiger partial charge in [-0.2, -0.15) is 13.2 Å². The van der Waals surface area contributed by atoms with Crippen molar-refractivity contribution in [3.63, 3.8) is 0 Å². The monoisotopic (exact) mass is 236 g/mol. The van der Waals surface area contributed by atoms with Crippen LogP contribution in [0.5, 0.6) is 0 Å². The van der Waals surface area contributed by atoms with Gasteiger partial charge in [-0.3, -0.25) is 0 Å². The summed E-state index contributed by atoms with van der Waals surface area (Å²) in [6, 6.07) is 4.70. The first kappa shape index (κ1) is 11.2. The fourth-order valence-electron chi connectivity index (χ4n) is 0.891. The zero-order valence-electron chi connectivity index (χ0n) is 6.76. The summed E-state index contributed by atoms with van der Waals surface area (Å²) in [7, 11) is 0. The molecule has 0 amide bonds. The summed E-state index contributed by atoms with van der Waals surface area (Å²) in [6.45, 7) is 0. The molecule has 0 spiro atoms. The average Bonchev–Trinajstić information content (AvgIpc) is 2.01. The first-order valence-electron chi connectivity index (χ1n) is 3.55. The van der Waals surface area contributed by atoms with Crippen LogP contribution in [-0.2, 0) is 18.8 Å². The molecule has 0 aliphatic carbocycles. The van der Waals surface area contributed by atoms with Gasteiger partial charge in [0, 0.05) is 5.69 Å². The summed E-state index contributed by atoms with van der Waals surface area (Å²) in [5, 5.41) is 2.46. The van der Waals surface area contributed by atoms with Crippen molar-refractivity contribution in [2.24, 2.45) is 0 Å². The lowest BCUT2D eigenvalue weighted by atomic mass is 10.2. The summed E-state index contributed by atoms with van der Waals surface area (Å²) in [5.41, 5.74) is -0.478. The number of rotatable bonds is 1. The maximum absolute atomic E-state index is 12.2. The lowest BCUT2D eigenvalue weighted by Gasteiger charge is -2.12. The summed E-state index contributed by atoms with van der Waals surface area (Å²) >= 11 is 9.07. The summed E-state index contributed by atoms with van der Waals surface area (Å²) in [6.07, 6.45) is -4.35. The number of nitrogens with one attached hydrogen (secondary N) is 1. The molecule has 0 fully saturated rings. The summed E-state index contributed by atoms with van der Waals surface area (Å²) < 4.78 is 36.7. The molecule has 0 aromatic heterocycles. The van der Waals surface area contributed by atoms with E-state index in [0.717, 1.165) is 12.1 Å². The van der Waals surface area contributed by atoms with E-state index in [1.54, 1.807) is 0 Å². The van der Waals surface area contributed by atoms with Gasteiger partial charge >= 0.3 is 6.18 Å². The Labute approximate surface area is 89.7 Å². The molecule has 0 saturated carbocycles. The summed E-state index contributed by atoms with van der Waals surface area (Å²) in [5.74, 6) is 0. The number of halogens is 3. The molecule has 6 heteroatoms. The molecule has 14 heavy (non-hydrogen) atoms. The topological polar surface area (TPSA) is 12.0 Å². The van der Waals surface area contributed by atoms with Gasteiger partial charge < -0.3 is 30.2 Å². The number of thiocarbonyl (C=S) groups is 1. The zero-order valence-corrected chi connectivity index (χ0v) is 8.39. The number of alkyl halides is 3. The molecule has 0 heterocycles. The quantitative estimate of drug-likeness (QED) is 0.594. The largest absolute Gasteiger partial charge is 0.416 e. The molecule has 1 aromatic carbocycles. The van der Waals surface area contributed by atoms with Crippen LogP contribution in [0.2, 0.25) is 0 Å². The normalized spacial score (nSPS) is 11.1.